The summed E-state index contributed by atoms with van der Waals surface area (Å²) in [6.45, 7) is 3.23. The molecule has 15 nitrogen and oxygen atoms in total. The van der Waals surface area contributed by atoms with Crippen LogP contribution in [-0.4, -0.2) is 91.5 Å². The summed E-state index contributed by atoms with van der Waals surface area (Å²) < 4.78 is 9.70. The third-order valence-electron chi connectivity index (χ3n) is 11.6. The molecule has 1 unspecified atom stereocenters. The van der Waals surface area contributed by atoms with Crippen LogP contribution in [0.15, 0.2) is 110 Å². The highest BCUT2D eigenvalue weighted by molar-refractivity contribution is 5.87. The van der Waals surface area contributed by atoms with Crippen LogP contribution in [0.5, 0.6) is 0 Å². The Labute approximate surface area is 353 Å². The molecule has 8 rings (SSSR count). The van der Waals surface area contributed by atoms with Gasteiger partial charge in [-0.2, -0.15) is 0 Å². The van der Waals surface area contributed by atoms with Crippen LogP contribution in [0, 0.1) is 6.92 Å². The number of ether oxygens (including phenoxy) is 2. The number of hydrogen-bond donors (Lipinski definition) is 5. The van der Waals surface area contributed by atoms with Crippen LogP contribution in [0.25, 0.3) is 33.8 Å². The van der Waals surface area contributed by atoms with Crippen LogP contribution in [0.3, 0.4) is 0 Å². The minimum Gasteiger partial charge on any atom is -0.453 e. The number of aryl methyl sites for hydroxylation is 1. The molecule has 2 fully saturated rings. The Morgan fingerprint density at radius 1 is 0.721 bits per heavy atom. The number of carbonyl (C=O) groups is 3. The second kappa shape index (κ2) is 18.2. The second-order valence-corrected chi connectivity index (χ2v) is 15.3. The average Bonchev–Trinajstić information content (AvgIpc) is 4.15. The molecule has 2 aliphatic rings. The molecule has 0 radical (unpaired) electrons. The van der Waals surface area contributed by atoms with E-state index in [1.165, 1.54) is 14.2 Å². The molecule has 6 aromatic rings. The van der Waals surface area contributed by atoms with Gasteiger partial charge in [0.2, 0.25) is 0 Å². The van der Waals surface area contributed by atoms with Crippen LogP contribution in [0.1, 0.15) is 78.2 Å². The minimum absolute atomic E-state index is 0.176. The van der Waals surface area contributed by atoms with Gasteiger partial charge in [0.05, 0.1) is 61.8 Å². The van der Waals surface area contributed by atoms with E-state index in [1.807, 2.05) is 96.2 Å². The van der Waals surface area contributed by atoms with Gasteiger partial charge in [-0.15, -0.1) is 0 Å². The van der Waals surface area contributed by atoms with Crippen molar-refractivity contribution in [1.29, 1.82) is 0 Å². The maximum atomic E-state index is 13.9. The predicted octanol–water partition coefficient (Wildman–Crippen LogP) is 7.15. The van der Waals surface area contributed by atoms with E-state index in [2.05, 4.69) is 39.7 Å². The van der Waals surface area contributed by atoms with Crippen molar-refractivity contribution >= 4 is 18.1 Å². The Hall–Kier alpha value is -6.84. The molecule has 0 bridgehead atoms. The molecular formula is C46H49N9O6. The molecule has 61 heavy (non-hydrogen) atoms. The first-order valence-corrected chi connectivity index (χ1v) is 20.4. The number of nitrogens with zero attached hydrogens (tertiary/aromatic N) is 5. The quantitative estimate of drug-likeness (QED) is 0.0847. The van der Waals surface area contributed by atoms with Crippen molar-refractivity contribution in [3.05, 3.63) is 138 Å². The highest BCUT2D eigenvalue weighted by Gasteiger charge is 2.39. The summed E-state index contributed by atoms with van der Waals surface area (Å²) in [5.41, 5.74) is 7.75. The van der Waals surface area contributed by atoms with Crippen molar-refractivity contribution in [3.63, 3.8) is 0 Å². The van der Waals surface area contributed by atoms with Crippen molar-refractivity contribution in [3.8, 4) is 33.8 Å². The first kappa shape index (κ1) is 40.9. The number of nitrogens with one attached hydrogen (secondary N) is 4. The maximum absolute atomic E-state index is 13.9. The zero-order chi connectivity index (χ0) is 42.5. The molecule has 5 N–H and O–H groups in total. The van der Waals surface area contributed by atoms with E-state index in [0.717, 1.165) is 76.4 Å². The number of likely N-dealkylation sites (tertiary alicyclic amines) is 2. The molecule has 2 aliphatic heterocycles. The van der Waals surface area contributed by atoms with Gasteiger partial charge in [-0.3, -0.25) is 14.7 Å². The number of H-pyrrole nitrogens is 2. The first-order valence-electron chi connectivity index (χ1n) is 20.4. The van der Waals surface area contributed by atoms with Crippen molar-refractivity contribution in [2.45, 2.75) is 63.0 Å². The lowest BCUT2D eigenvalue weighted by atomic mass is 10.0. The number of aromatic amines is 2. The monoisotopic (exact) mass is 823 g/mol. The third-order valence-corrected chi connectivity index (χ3v) is 11.6. The molecule has 5 heterocycles. The molecule has 3 amide bonds. The predicted molar refractivity (Wildman–Crippen MR) is 227 cm³/mol. The third kappa shape index (κ3) is 8.74. The van der Waals surface area contributed by atoms with Crippen molar-refractivity contribution in [1.82, 2.24) is 45.4 Å². The number of aliphatic hydroxyl groups excluding tert-OH is 1. The Bertz CT molecular complexity index is 2460. The number of amides is 3. The topological polar surface area (TPSA) is 191 Å². The lowest BCUT2D eigenvalue weighted by Crippen LogP contribution is -2.46. The lowest BCUT2D eigenvalue weighted by molar-refractivity contribution is -0.134. The minimum atomic E-state index is -1.01. The zero-order valence-electron chi connectivity index (χ0n) is 34.2. The highest BCUT2D eigenvalue weighted by atomic mass is 16.5. The van der Waals surface area contributed by atoms with Crippen molar-refractivity contribution in [2.75, 3.05) is 27.3 Å². The molecule has 5 atom stereocenters. The van der Waals surface area contributed by atoms with E-state index >= 15 is 0 Å². The zero-order valence-corrected chi connectivity index (χ0v) is 34.2. The van der Waals surface area contributed by atoms with E-state index in [0.29, 0.717) is 24.5 Å². The summed E-state index contributed by atoms with van der Waals surface area (Å²) in [7, 11) is 2.58. The molecule has 0 saturated carbocycles. The number of pyridine rings is 1. The van der Waals surface area contributed by atoms with Gasteiger partial charge in [0.1, 0.15) is 23.9 Å². The highest BCUT2D eigenvalue weighted by Crippen LogP contribution is 2.37. The van der Waals surface area contributed by atoms with Gasteiger partial charge in [0.25, 0.3) is 5.91 Å². The Kier molecular flexibility index (Phi) is 12.2. The molecule has 15 heteroatoms. The van der Waals surface area contributed by atoms with Crippen LogP contribution in [0.2, 0.25) is 0 Å². The molecular weight excluding hydrogens is 775 g/mol. The standard InChI is InChI=1S/C46H49N9O6/c1-28-24-31(35-26-48-41(50-35)37-16-10-22-54(37)43(56)39(52-45(58)60-2)29-12-6-4-7-13-29)18-20-33(28)34-21-19-32(25-47-34)36-27-49-42(51-36)38-17-11-23-55(38)44(57)40(53-46(59)61-3)30-14-8-5-9-15-30/h4-9,12-15,18-21,24-27,37-40,43,56H,10-11,16-17,22-23H2,1-3H3,(H,48,50)(H,49,51)(H,52,58)(H,53,59)/t37-,38-,39+,40+,43?/m0/s1. The summed E-state index contributed by atoms with van der Waals surface area (Å²) in [5, 5.41) is 17.2. The van der Waals surface area contributed by atoms with E-state index in [1.54, 1.807) is 11.1 Å². The fraction of sp³-hybridized carbons (Fsp3) is 0.304. The van der Waals surface area contributed by atoms with Gasteiger partial charge >= 0.3 is 12.2 Å². The van der Waals surface area contributed by atoms with Gasteiger partial charge < -0.3 is 40.1 Å². The normalized spacial score (nSPS) is 18.0. The Morgan fingerprint density at radius 2 is 1.33 bits per heavy atom. The van der Waals surface area contributed by atoms with Gasteiger partial charge in [-0.1, -0.05) is 72.8 Å². The fourth-order valence-corrected chi connectivity index (χ4v) is 8.49. The molecule has 0 spiro atoms. The summed E-state index contributed by atoms with van der Waals surface area (Å²) in [6.07, 6.45) is 6.30. The summed E-state index contributed by atoms with van der Waals surface area (Å²) in [5.74, 6) is 1.19. The number of aliphatic hydroxyl groups is 1. The summed E-state index contributed by atoms with van der Waals surface area (Å²) >= 11 is 0. The number of benzene rings is 3. The lowest BCUT2D eigenvalue weighted by Gasteiger charge is -2.34. The number of methoxy groups -OCH3 is 2. The SMILES string of the molecule is COC(=O)N[C@H](c1ccccc1)C(O)N1CCC[C@H]1c1ncc(-c2ccc(-c3ccc(-c4cnc([C@@H]5CCCN5C(=O)[C@H](NC(=O)OC)c5ccccc5)[nH]4)cn3)c(C)c2)[nH]1. The van der Waals surface area contributed by atoms with Crippen molar-refractivity contribution < 1.29 is 29.0 Å². The maximum Gasteiger partial charge on any atom is 0.407 e. The van der Waals surface area contributed by atoms with E-state index in [9.17, 15) is 19.5 Å². The number of alkyl carbamates (subject to hydrolysis) is 2. The summed E-state index contributed by atoms with van der Waals surface area (Å²) in [4.78, 5) is 63.4. The van der Waals surface area contributed by atoms with Crippen LogP contribution < -0.4 is 10.6 Å². The van der Waals surface area contributed by atoms with Crippen LogP contribution in [-0.2, 0) is 14.3 Å². The van der Waals surface area contributed by atoms with Crippen LogP contribution in [0.4, 0.5) is 9.59 Å². The Balaban J connectivity index is 0.945. The largest absolute Gasteiger partial charge is 0.453 e. The van der Waals surface area contributed by atoms with Gasteiger partial charge in [-0.25, -0.2) is 19.6 Å². The number of aromatic nitrogens is 5. The molecule has 3 aromatic heterocycles. The smallest absolute Gasteiger partial charge is 0.407 e. The van der Waals surface area contributed by atoms with E-state index in [-0.39, 0.29) is 18.0 Å². The molecule has 3 aromatic carbocycles. The van der Waals surface area contributed by atoms with E-state index in [4.69, 9.17) is 24.4 Å². The van der Waals surface area contributed by atoms with Gasteiger partial charge in [0, 0.05) is 30.4 Å². The Morgan fingerprint density at radius 3 is 1.98 bits per heavy atom. The van der Waals surface area contributed by atoms with Gasteiger partial charge in [-0.05, 0) is 73.1 Å². The summed E-state index contributed by atoms with van der Waals surface area (Å²) in [6, 6.07) is 26.7. The molecule has 2 saturated heterocycles. The number of hydrogen-bond acceptors (Lipinski definition) is 10. The number of imidazole rings is 2. The fourth-order valence-electron chi connectivity index (χ4n) is 8.49. The molecule has 0 aliphatic carbocycles. The average molecular weight is 824 g/mol. The number of rotatable bonds is 12. The van der Waals surface area contributed by atoms with Gasteiger partial charge in [0.15, 0.2) is 0 Å². The van der Waals surface area contributed by atoms with E-state index < -0.39 is 30.5 Å². The second-order valence-electron chi connectivity index (χ2n) is 15.3. The van der Waals surface area contributed by atoms with Crippen LogP contribution >= 0.6 is 0 Å². The van der Waals surface area contributed by atoms with Crippen molar-refractivity contribution in [2.24, 2.45) is 0 Å². The number of carbonyl (C=O) groups excluding carboxylic acids is 3. The first-order chi connectivity index (χ1) is 29.7. The molecule has 314 valence electrons.